The number of amides is 1. The maximum absolute atomic E-state index is 12.4. The van der Waals surface area contributed by atoms with Crippen LogP contribution in [0.5, 0.6) is 0 Å². The molecule has 0 radical (unpaired) electrons. The van der Waals surface area contributed by atoms with Gasteiger partial charge in [-0.05, 0) is 37.1 Å². The molecule has 134 valence electrons. The second-order valence-electron chi connectivity index (χ2n) is 6.40. The van der Waals surface area contributed by atoms with Gasteiger partial charge in [-0.25, -0.2) is 12.7 Å². The predicted molar refractivity (Wildman–Crippen MR) is 91.5 cm³/mol. The largest absolute Gasteiger partial charge is 0.391 e. The highest BCUT2D eigenvalue weighted by Gasteiger charge is 2.26. The van der Waals surface area contributed by atoms with Crippen LogP contribution in [0.4, 0.5) is 0 Å². The lowest BCUT2D eigenvalue weighted by molar-refractivity contribution is 0.0926. The van der Waals surface area contributed by atoms with Crippen LogP contribution in [0.2, 0.25) is 0 Å². The average molecular weight is 355 g/mol. The highest BCUT2D eigenvalue weighted by atomic mass is 32.2. The Morgan fingerprint density at radius 1 is 1.33 bits per heavy atom. The minimum atomic E-state index is -3.62. The molecule has 1 heterocycles. The van der Waals surface area contributed by atoms with Crippen molar-refractivity contribution in [1.29, 1.82) is 0 Å². The number of carbonyl (C=O) groups is 1. The lowest BCUT2D eigenvalue weighted by Crippen LogP contribution is -2.34. The van der Waals surface area contributed by atoms with E-state index in [0.29, 0.717) is 30.8 Å². The predicted octanol–water partition coefficient (Wildman–Crippen LogP) is -0.136. The van der Waals surface area contributed by atoms with Crippen LogP contribution in [0.1, 0.15) is 21.5 Å². The molecule has 0 bridgehead atoms. The van der Waals surface area contributed by atoms with Gasteiger partial charge in [-0.3, -0.25) is 4.79 Å². The number of benzene rings is 1. The first-order valence-corrected chi connectivity index (χ1v) is 9.29. The first-order chi connectivity index (χ1) is 11.1. The Kier molecular flexibility index (Phi) is 5.64. The van der Waals surface area contributed by atoms with E-state index in [9.17, 15) is 18.3 Å². The molecule has 1 fully saturated rings. The molecule has 0 saturated carbocycles. The maximum Gasteiger partial charge on any atom is 0.251 e. The SMILES string of the molecule is Cc1cc(C(=O)NCC2CNCC2O)cc(S(=O)(=O)N(C)C)c1C. The summed E-state index contributed by atoms with van der Waals surface area (Å²) in [4.78, 5) is 12.5. The van der Waals surface area contributed by atoms with E-state index in [1.807, 2.05) is 0 Å². The Bertz CT molecular complexity index is 731. The number of aliphatic hydroxyl groups excluding tert-OH is 1. The van der Waals surface area contributed by atoms with Crippen molar-refractivity contribution in [2.45, 2.75) is 24.8 Å². The van der Waals surface area contributed by atoms with E-state index >= 15 is 0 Å². The molecule has 1 aliphatic heterocycles. The standard InChI is InChI=1S/C16H25N3O4S/c1-10-5-12(6-15(11(10)2)24(22,23)19(3)4)16(21)18-8-13-7-17-9-14(13)20/h5-6,13-14,17,20H,7-9H2,1-4H3,(H,18,21). The van der Waals surface area contributed by atoms with Gasteiger partial charge in [0.05, 0.1) is 11.0 Å². The van der Waals surface area contributed by atoms with Crippen molar-refractivity contribution in [3.8, 4) is 0 Å². The van der Waals surface area contributed by atoms with Crippen molar-refractivity contribution >= 4 is 15.9 Å². The van der Waals surface area contributed by atoms with Crippen molar-refractivity contribution in [2.75, 3.05) is 33.7 Å². The van der Waals surface area contributed by atoms with Crippen LogP contribution in [0.15, 0.2) is 17.0 Å². The van der Waals surface area contributed by atoms with Crippen LogP contribution in [-0.2, 0) is 10.0 Å². The van der Waals surface area contributed by atoms with Gasteiger partial charge in [-0.15, -0.1) is 0 Å². The Morgan fingerprint density at radius 3 is 2.54 bits per heavy atom. The highest BCUT2D eigenvalue weighted by molar-refractivity contribution is 7.89. The number of aliphatic hydroxyl groups is 1. The number of hydrogen-bond acceptors (Lipinski definition) is 5. The number of nitrogens with one attached hydrogen (secondary N) is 2. The van der Waals surface area contributed by atoms with Crippen LogP contribution < -0.4 is 10.6 Å². The molecule has 0 spiro atoms. The summed E-state index contributed by atoms with van der Waals surface area (Å²) in [6, 6.07) is 3.10. The summed E-state index contributed by atoms with van der Waals surface area (Å²) in [7, 11) is -0.695. The van der Waals surface area contributed by atoms with E-state index in [1.165, 1.54) is 20.2 Å². The third-order valence-corrected chi connectivity index (χ3v) is 6.41. The van der Waals surface area contributed by atoms with E-state index in [1.54, 1.807) is 19.9 Å². The van der Waals surface area contributed by atoms with E-state index in [-0.39, 0.29) is 16.7 Å². The lowest BCUT2D eigenvalue weighted by atomic mass is 10.0. The number of nitrogens with zero attached hydrogens (tertiary/aromatic N) is 1. The molecule has 1 aromatic rings. The van der Waals surface area contributed by atoms with Crippen LogP contribution >= 0.6 is 0 Å². The Balaban J connectivity index is 2.24. The van der Waals surface area contributed by atoms with E-state index < -0.39 is 16.1 Å². The van der Waals surface area contributed by atoms with Gasteiger partial charge in [-0.1, -0.05) is 0 Å². The summed E-state index contributed by atoms with van der Waals surface area (Å²) in [5, 5.41) is 15.6. The topological polar surface area (TPSA) is 98.7 Å². The third-order valence-electron chi connectivity index (χ3n) is 4.47. The number of β-amino-alcohol motifs (C(OH)–C–C–N with tert-alkyl or cyclic N) is 1. The van der Waals surface area contributed by atoms with Gasteiger partial charge in [0.2, 0.25) is 10.0 Å². The van der Waals surface area contributed by atoms with Gasteiger partial charge < -0.3 is 15.7 Å². The summed E-state index contributed by atoms with van der Waals surface area (Å²) in [5.74, 6) is -0.377. The number of aryl methyl sites for hydroxylation is 1. The van der Waals surface area contributed by atoms with Gasteiger partial charge in [0.15, 0.2) is 0 Å². The summed E-state index contributed by atoms with van der Waals surface area (Å²) in [6.45, 7) is 5.03. The molecule has 7 nitrogen and oxygen atoms in total. The molecule has 1 saturated heterocycles. The van der Waals surface area contributed by atoms with E-state index in [2.05, 4.69) is 10.6 Å². The quantitative estimate of drug-likeness (QED) is 0.683. The second-order valence-corrected chi connectivity index (χ2v) is 8.52. The smallest absolute Gasteiger partial charge is 0.251 e. The molecule has 3 N–H and O–H groups in total. The van der Waals surface area contributed by atoms with Crippen LogP contribution in [0.3, 0.4) is 0 Å². The Labute approximate surface area is 143 Å². The monoisotopic (exact) mass is 355 g/mol. The molecular formula is C16H25N3O4S. The summed E-state index contributed by atoms with van der Waals surface area (Å²) < 4.78 is 26.0. The molecule has 0 aliphatic carbocycles. The minimum Gasteiger partial charge on any atom is -0.391 e. The van der Waals surface area contributed by atoms with Gasteiger partial charge in [-0.2, -0.15) is 0 Å². The summed E-state index contributed by atoms with van der Waals surface area (Å²) in [6.07, 6.45) is -0.477. The normalized spacial score (nSPS) is 21.2. The molecule has 2 atom stereocenters. The summed E-state index contributed by atoms with van der Waals surface area (Å²) in [5.41, 5.74) is 1.68. The second kappa shape index (κ2) is 7.18. The number of carbonyl (C=O) groups excluding carboxylic acids is 1. The van der Waals surface area contributed by atoms with Crippen molar-refractivity contribution in [3.63, 3.8) is 0 Å². The zero-order chi connectivity index (χ0) is 18.1. The summed E-state index contributed by atoms with van der Waals surface area (Å²) >= 11 is 0. The number of sulfonamides is 1. The maximum atomic E-state index is 12.4. The van der Waals surface area contributed by atoms with E-state index in [4.69, 9.17) is 0 Å². The molecule has 1 aliphatic rings. The van der Waals surface area contributed by atoms with Crippen LogP contribution in [-0.4, -0.2) is 63.6 Å². The molecule has 2 rings (SSSR count). The zero-order valence-corrected chi connectivity index (χ0v) is 15.3. The highest BCUT2D eigenvalue weighted by Crippen LogP contribution is 2.23. The molecular weight excluding hydrogens is 330 g/mol. The lowest BCUT2D eigenvalue weighted by Gasteiger charge is -2.17. The van der Waals surface area contributed by atoms with E-state index in [0.717, 1.165) is 9.87 Å². The average Bonchev–Trinajstić information content (AvgIpc) is 2.92. The van der Waals surface area contributed by atoms with Gasteiger partial charge in [0, 0.05) is 45.2 Å². The van der Waals surface area contributed by atoms with Crippen molar-refractivity contribution in [1.82, 2.24) is 14.9 Å². The van der Waals surface area contributed by atoms with Gasteiger partial charge >= 0.3 is 0 Å². The van der Waals surface area contributed by atoms with Crippen LogP contribution in [0, 0.1) is 19.8 Å². The first kappa shape index (κ1) is 18.9. The van der Waals surface area contributed by atoms with Crippen molar-refractivity contribution in [3.05, 3.63) is 28.8 Å². The number of rotatable bonds is 5. The molecule has 8 heteroatoms. The fourth-order valence-corrected chi connectivity index (χ4v) is 3.89. The molecule has 1 amide bonds. The van der Waals surface area contributed by atoms with Crippen molar-refractivity contribution < 1.29 is 18.3 Å². The van der Waals surface area contributed by atoms with Crippen molar-refractivity contribution in [2.24, 2.45) is 5.92 Å². The Hall–Kier alpha value is -1.48. The fourth-order valence-electron chi connectivity index (χ4n) is 2.68. The Morgan fingerprint density at radius 2 is 2.00 bits per heavy atom. The molecule has 2 unspecified atom stereocenters. The molecule has 1 aromatic carbocycles. The van der Waals surface area contributed by atoms with Gasteiger partial charge in [0.25, 0.3) is 5.91 Å². The minimum absolute atomic E-state index is 0.0366. The first-order valence-electron chi connectivity index (χ1n) is 7.85. The van der Waals surface area contributed by atoms with Gasteiger partial charge in [0.1, 0.15) is 0 Å². The molecule has 0 aromatic heterocycles. The third kappa shape index (κ3) is 3.77. The zero-order valence-electron chi connectivity index (χ0n) is 14.5. The fraction of sp³-hybridized carbons (Fsp3) is 0.562. The van der Waals surface area contributed by atoms with Crippen LogP contribution in [0.25, 0.3) is 0 Å². The number of hydrogen-bond donors (Lipinski definition) is 3. The molecule has 24 heavy (non-hydrogen) atoms.